The Labute approximate surface area is 121 Å². The molecule has 0 heterocycles. The second kappa shape index (κ2) is 6.98. The van der Waals surface area contributed by atoms with Crippen LogP contribution in [-0.4, -0.2) is 24.3 Å². The van der Waals surface area contributed by atoms with Gasteiger partial charge < -0.3 is 0 Å². The lowest BCUT2D eigenvalue weighted by atomic mass is 9.97. The van der Waals surface area contributed by atoms with Crippen molar-refractivity contribution in [1.29, 1.82) is 0 Å². The first kappa shape index (κ1) is 15.2. The maximum Gasteiger partial charge on any atom is 0.137 e. The van der Waals surface area contributed by atoms with Gasteiger partial charge in [0.15, 0.2) is 0 Å². The van der Waals surface area contributed by atoms with Crippen LogP contribution in [0.3, 0.4) is 0 Å². The third-order valence-corrected chi connectivity index (χ3v) is 4.46. The van der Waals surface area contributed by atoms with Crippen molar-refractivity contribution < 1.29 is 9.18 Å². The number of nitrogens with zero attached hydrogens (tertiary/aromatic N) is 1. The Kier molecular flexibility index (Phi) is 5.30. The van der Waals surface area contributed by atoms with E-state index in [1.165, 1.54) is 6.07 Å². The van der Waals surface area contributed by atoms with Crippen molar-refractivity contribution in [2.45, 2.75) is 45.1 Å². The lowest BCUT2D eigenvalue weighted by Gasteiger charge is -2.28. The van der Waals surface area contributed by atoms with E-state index in [1.807, 2.05) is 26.1 Å². The molecule has 0 amide bonds. The van der Waals surface area contributed by atoms with Gasteiger partial charge >= 0.3 is 0 Å². The highest BCUT2D eigenvalue weighted by atomic mass is 19.1. The van der Waals surface area contributed by atoms with Crippen molar-refractivity contribution in [2.75, 3.05) is 13.6 Å². The van der Waals surface area contributed by atoms with Crippen LogP contribution >= 0.6 is 0 Å². The van der Waals surface area contributed by atoms with Crippen molar-refractivity contribution in [1.82, 2.24) is 4.90 Å². The molecule has 1 aromatic carbocycles. The summed E-state index contributed by atoms with van der Waals surface area (Å²) < 4.78 is 13.8. The van der Waals surface area contributed by atoms with E-state index in [9.17, 15) is 9.18 Å². The van der Waals surface area contributed by atoms with Gasteiger partial charge in [-0.2, -0.15) is 0 Å². The van der Waals surface area contributed by atoms with Crippen molar-refractivity contribution >= 4 is 5.78 Å². The molecule has 0 aliphatic heterocycles. The molecule has 3 heteroatoms. The molecule has 0 radical (unpaired) electrons. The maximum atomic E-state index is 13.8. The molecule has 20 heavy (non-hydrogen) atoms. The standard InChI is InChI=1S/C17H24FNO/c1-13(15-9-6-7-10-16(15)18)19(2)12-14-8-4-3-5-11-17(14)20/h6-7,9-10,13-14H,3-5,8,11-12H2,1-2H3. The maximum absolute atomic E-state index is 13.8. The minimum absolute atomic E-state index is 0.00717. The van der Waals surface area contributed by atoms with E-state index >= 15 is 0 Å². The minimum atomic E-state index is -0.168. The lowest BCUT2D eigenvalue weighted by molar-refractivity contribution is -0.123. The third kappa shape index (κ3) is 3.66. The number of hydrogen-bond acceptors (Lipinski definition) is 2. The molecule has 0 N–H and O–H groups in total. The minimum Gasteiger partial charge on any atom is -0.299 e. The first-order chi connectivity index (χ1) is 9.59. The summed E-state index contributed by atoms with van der Waals surface area (Å²) >= 11 is 0. The summed E-state index contributed by atoms with van der Waals surface area (Å²) in [7, 11) is 1.98. The second-order valence-corrected chi connectivity index (χ2v) is 5.90. The number of Topliss-reactive ketones (excluding diaryl/α,β-unsaturated/α-hetero) is 1. The number of halogens is 1. The number of carbonyl (C=O) groups excluding carboxylic acids is 1. The van der Waals surface area contributed by atoms with E-state index in [1.54, 1.807) is 6.07 Å². The van der Waals surface area contributed by atoms with Crippen LogP contribution in [0.25, 0.3) is 0 Å². The Bertz CT molecular complexity index is 460. The molecule has 0 spiro atoms. The fourth-order valence-electron chi connectivity index (χ4n) is 2.98. The summed E-state index contributed by atoms with van der Waals surface area (Å²) in [5.74, 6) is 0.339. The SMILES string of the molecule is CC(c1ccccc1F)N(C)CC1CCCCCC1=O. The largest absolute Gasteiger partial charge is 0.299 e. The molecule has 1 saturated carbocycles. The number of carbonyl (C=O) groups is 1. The molecule has 1 aliphatic carbocycles. The average Bonchev–Trinajstić information content (AvgIpc) is 2.64. The first-order valence-corrected chi connectivity index (χ1v) is 7.57. The molecular weight excluding hydrogens is 253 g/mol. The van der Waals surface area contributed by atoms with Crippen LogP contribution in [0.2, 0.25) is 0 Å². The molecule has 0 aromatic heterocycles. The van der Waals surface area contributed by atoms with Crippen LogP contribution in [0.4, 0.5) is 4.39 Å². The number of rotatable bonds is 4. The van der Waals surface area contributed by atoms with E-state index in [-0.39, 0.29) is 17.8 Å². The van der Waals surface area contributed by atoms with Crippen molar-refractivity contribution in [3.8, 4) is 0 Å². The molecule has 2 atom stereocenters. The third-order valence-electron chi connectivity index (χ3n) is 4.46. The normalized spacial score (nSPS) is 21.8. The summed E-state index contributed by atoms with van der Waals surface area (Å²) in [6.07, 6.45) is 5.02. The second-order valence-electron chi connectivity index (χ2n) is 5.90. The lowest BCUT2D eigenvalue weighted by Crippen LogP contribution is -2.32. The summed E-state index contributed by atoms with van der Waals surface area (Å²) in [6, 6.07) is 6.88. The molecule has 0 bridgehead atoms. The number of hydrogen-bond donors (Lipinski definition) is 0. The van der Waals surface area contributed by atoms with Crippen LogP contribution in [0.15, 0.2) is 24.3 Å². The van der Waals surface area contributed by atoms with Crippen LogP contribution < -0.4 is 0 Å². The highest BCUT2D eigenvalue weighted by Gasteiger charge is 2.24. The van der Waals surface area contributed by atoms with E-state index in [4.69, 9.17) is 0 Å². The topological polar surface area (TPSA) is 20.3 Å². The van der Waals surface area contributed by atoms with Gasteiger partial charge in [0.05, 0.1) is 0 Å². The molecule has 2 nitrogen and oxygen atoms in total. The predicted octanol–water partition coefficient (Wildman–Crippen LogP) is 3.97. The summed E-state index contributed by atoms with van der Waals surface area (Å²) in [5.41, 5.74) is 0.705. The highest BCUT2D eigenvalue weighted by Crippen LogP contribution is 2.26. The summed E-state index contributed by atoms with van der Waals surface area (Å²) in [4.78, 5) is 14.2. The zero-order valence-electron chi connectivity index (χ0n) is 12.4. The fourth-order valence-corrected chi connectivity index (χ4v) is 2.98. The van der Waals surface area contributed by atoms with Crippen molar-refractivity contribution in [3.63, 3.8) is 0 Å². The molecule has 1 aromatic rings. The van der Waals surface area contributed by atoms with E-state index in [0.717, 1.165) is 32.2 Å². The molecular formula is C17H24FNO. The Morgan fingerprint density at radius 1 is 1.30 bits per heavy atom. The van der Waals surface area contributed by atoms with E-state index in [0.29, 0.717) is 17.8 Å². The molecule has 2 unspecified atom stereocenters. The van der Waals surface area contributed by atoms with Gasteiger partial charge in [0.2, 0.25) is 0 Å². The Morgan fingerprint density at radius 3 is 2.80 bits per heavy atom. The van der Waals surface area contributed by atoms with Crippen LogP contribution in [0.1, 0.15) is 50.6 Å². The van der Waals surface area contributed by atoms with Gasteiger partial charge in [-0.05, 0) is 32.9 Å². The molecule has 2 rings (SSSR count). The van der Waals surface area contributed by atoms with Gasteiger partial charge in [-0.1, -0.05) is 31.0 Å². The number of ketones is 1. The van der Waals surface area contributed by atoms with Crippen LogP contribution in [-0.2, 0) is 4.79 Å². The van der Waals surface area contributed by atoms with E-state index in [2.05, 4.69) is 4.90 Å². The van der Waals surface area contributed by atoms with Crippen LogP contribution in [0.5, 0.6) is 0 Å². The van der Waals surface area contributed by atoms with E-state index < -0.39 is 0 Å². The summed E-state index contributed by atoms with van der Waals surface area (Å²) in [6.45, 7) is 2.73. The van der Waals surface area contributed by atoms with Gasteiger partial charge in [0.1, 0.15) is 11.6 Å². The molecule has 0 saturated heterocycles. The average molecular weight is 277 g/mol. The monoisotopic (exact) mass is 277 g/mol. The molecule has 1 fully saturated rings. The highest BCUT2D eigenvalue weighted by molar-refractivity contribution is 5.81. The van der Waals surface area contributed by atoms with Gasteiger partial charge in [-0.3, -0.25) is 9.69 Å². The van der Waals surface area contributed by atoms with Gasteiger partial charge in [0, 0.05) is 30.5 Å². The zero-order chi connectivity index (χ0) is 14.5. The first-order valence-electron chi connectivity index (χ1n) is 7.57. The van der Waals surface area contributed by atoms with Crippen molar-refractivity contribution in [3.05, 3.63) is 35.6 Å². The van der Waals surface area contributed by atoms with Gasteiger partial charge in [-0.15, -0.1) is 0 Å². The quantitative estimate of drug-likeness (QED) is 0.776. The van der Waals surface area contributed by atoms with Gasteiger partial charge in [-0.25, -0.2) is 4.39 Å². The Balaban J connectivity index is 2.02. The zero-order valence-corrected chi connectivity index (χ0v) is 12.4. The van der Waals surface area contributed by atoms with Crippen LogP contribution in [0, 0.1) is 11.7 Å². The Hall–Kier alpha value is -1.22. The van der Waals surface area contributed by atoms with Gasteiger partial charge in [0.25, 0.3) is 0 Å². The summed E-state index contributed by atoms with van der Waals surface area (Å²) in [5, 5.41) is 0. The Morgan fingerprint density at radius 2 is 2.05 bits per heavy atom. The predicted molar refractivity (Wildman–Crippen MR) is 79.0 cm³/mol. The van der Waals surface area contributed by atoms with Crippen molar-refractivity contribution in [2.24, 2.45) is 5.92 Å². The fraction of sp³-hybridized carbons (Fsp3) is 0.588. The number of benzene rings is 1. The smallest absolute Gasteiger partial charge is 0.137 e. The molecule has 110 valence electrons. The molecule has 1 aliphatic rings.